The van der Waals surface area contributed by atoms with Gasteiger partial charge in [0.15, 0.2) is 0 Å². The summed E-state index contributed by atoms with van der Waals surface area (Å²) in [6.07, 6.45) is 4.08. The van der Waals surface area contributed by atoms with Gasteiger partial charge in [-0.2, -0.15) is 0 Å². The van der Waals surface area contributed by atoms with Crippen LogP contribution in [-0.4, -0.2) is 80.4 Å². The molecule has 1 aromatic carbocycles. The molecule has 0 fully saturated rings. The Bertz CT molecular complexity index is 946. The number of hydrogen-bond donors (Lipinski definition) is 1. The highest BCUT2D eigenvalue weighted by atomic mass is 32.1. The predicted molar refractivity (Wildman–Crippen MR) is 130 cm³/mol. The topological polar surface area (TPSA) is 56.7 Å². The quantitative estimate of drug-likeness (QED) is 0.371. The zero-order valence-electron chi connectivity index (χ0n) is 18.4. The SMILES string of the molecule is CN(C)CCC/N=C\c1ccc(-c2nc(NCCCN(C)C)nc3ccsc23)cc1. The number of thiophene rings is 1. The van der Waals surface area contributed by atoms with Crippen molar-refractivity contribution in [3.05, 3.63) is 41.3 Å². The number of aliphatic imine (C=N–C) groups is 1. The molecule has 160 valence electrons. The van der Waals surface area contributed by atoms with E-state index in [1.54, 1.807) is 11.3 Å². The van der Waals surface area contributed by atoms with Gasteiger partial charge in [-0.1, -0.05) is 24.3 Å². The van der Waals surface area contributed by atoms with Gasteiger partial charge in [0.05, 0.1) is 15.9 Å². The third kappa shape index (κ3) is 6.58. The van der Waals surface area contributed by atoms with E-state index >= 15 is 0 Å². The third-order valence-corrected chi connectivity index (χ3v) is 5.60. The molecule has 3 aromatic rings. The highest BCUT2D eigenvalue weighted by Crippen LogP contribution is 2.31. The number of anilines is 1. The number of rotatable bonds is 11. The molecule has 30 heavy (non-hydrogen) atoms. The molecule has 0 bridgehead atoms. The molecule has 0 saturated carbocycles. The lowest BCUT2D eigenvalue weighted by Crippen LogP contribution is -2.17. The Balaban J connectivity index is 1.70. The largest absolute Gasteiger partial charge is 0.354 e. The zero-order chi connectivity index (χ0) is 21.3. The molecule has 6 nitrogen and oxygen atoms in total. The van der Waals surface area contributed by atoms with E-state index in [1.807, 2.05) is 6.21 Å². The number of nitrogens with one attached hydrogen (secondary N) is 1. The van der Waals surface area contributed by atoms with Crippen molar-refractivity contribution >= 4 is 33.7 Å². The summed E-state index contributed by atoms with van der Waals surface area (Å²) in [6, 6.07) is 10.5. The Morgan fingerprint density at radius 1 is 0.967 bits per heavy atom. The van der Waals surface area contributed by atoms with Gasteiger partial charge in [0.25, 0.3) is 0 Å². The number of fused-ring (bicyclic) bond motifs is 1. The van der Waals surface area contributed by atoms with Gasteiger partial charge in [-0.05, 0) is 71.1 Å². The van der Waals surface area contributed by atoms with Gasteiger partial charge < -0.3 is 15.1 Å². The smallest absolute Gasteiger partial charge is 0.223 e. The molecule has 1 N–H and O–H groups in total. The molecule has 0 atom stereocenters. The van der Waals surface area contributed by atoms with Gasteiger partial charge in [0, 0.05) is 24.9 Å². The van der Waals surface area contributed by atoms with E-state index in [0.29, 0.717) is 5.95 Å². The summed E-state index contributed by atoms with van der Waals surface area (Å²) >= 11 is 1.69. The molecule has 7 heteroatoms. The third-order valence-electron chi connectivity index (χ3n) is 4.69. The van der Waals surface area contributed by atoms with Gasteiger partial charge in [0.1, 0.15) is 0 Å². The number of aromatic nitrogens is 2. The Hall–Kier alpha value is -2.35. The van der Waals surface area contributed by atoms with Crippen molar-refractivity contribution in [2.24, 2.45) is 4.99 Å². The van der Waals surface area contributed by atoms with Crippen molar-refractivity contribution in [1.29, 1.82) is 0 Å². The maximum atomic E-state index is 4.83. The molecule has 0 saturated heterocycles. The van der Waals surface area contributed by atoms with E-state index in [2.05, 4.69) is 89.0 Å². The van der Waals surface area contributed by atoms with Crippen LogP contribution in [-0.2, 0) is 0 Å². The van der Waals surface area contributed by atoms with Crippen molar-refractivity contribution in [3.8, 4) is 11.3 Å². The first-order valence-corrected chi connectivity index (χ1v) is 11.3. The molecule has 2 heterocycles. The minimum atomic E-state index is 0.696. The first kappa shape index (κ1) is 22.3. The summed E-state index contributed by atoms with van der Waals surface area (Å²) < 4.78 is 1.12. The Morgan fingerprint density at radius 3 is 2.43 bits per heavy atom. The molecular weight excluding hydrogens is 392 g/mol. The maximum Gasteiger partial charge on any atom is 0.223 e. The minimum Gasteiger partial charge on any atom is -0.354 e. The number of hydrogen-bond acceptors (Lipinski definition) is 7. The minimum absolute atomic E-state index is 0.696. The van der Waals surface area contributed by atoms with Crippen LogP contribution in [0.2, 0.25) is 0 Å². The Labute approximate surface area is 183 Å². The highest BCUT2D eigenvalue weighted by molar-refractivity contribution is 7.17. The van der Waals surface area contributed by atoms with Crippen molar-refractivity contribution in [2.45, 2.75) is 12.8 Å². The van der Waals surface area contributed by atoms with Crippen LogP contribution in [0.1, 0.15) is 18.4 Å². The van der Waals surface area contributed by atoms with Crippen LogP contribution in [0.15, 0.2) is 40.7 Å². The highest BCUT2D eigenvalue weighted by Gasteiger charge is 2.11. The van der Waals surface area contributed by atoms with Gasteiger partial charge in [-0.25, -0.2) is 9.97 Å². The van der Waals surface area contributed by atoms with E-state index in [-0.39, 0.29) is 0 Å². The van der Waals surface area contributed by atoms with Gasteiger partial charge in [-0.15, -0.1) is 11.3 Å². The Kier molecular flexibility index (Phi) is 8.30. The zero-order valence-corrected chi connectivity index (χ0v) is 19.2. The van der Waals surface area contributed by atoms with Crippen LogP contribution < -0.4 is 5.32 Å². The number of benzene rings is 1. The summed E-state index contributed by atoms with van der Waals surface area (Å²) in [5.41, 5.74) is 4.19. The van der Waals surface area contributed by atoms with Crippen LogP contribution >= 0.6 is 11.3 Å². The second kappa shape index (κ2) is 11.2. The average Bonchev–Trinajstić information content (AvgIpc) is 3.19. The monoisotopic (exact) mass is 424 g/mol. The van der Waals surface area contributed by atoms with Crippen LogP contribution in [0, 0.1) is 0 Å². The summed E-state index contributed by atoms with van der Waals surface area (Å²) in [4.78, 5) is 18.4. The molecule has 0 amide bonds. The lowest BCUT2D eigenvalue weighted by Gasteiger charge is -2.11. The normalized spacial score (nSPS) is 11.9. The van der Waals surface area contributed by atoms with Crippen LogP contribution in [0.5, 0.6) is 0 Å². The molecule has 0 spiro atoms. The molecule has 0 aliphatic carbocycles. The second-order valence-electron chi connectivity index (χ2n) is 7.93. The van der Waals surface area contributed by atoms with Crippen LogP contribution in [0.4, 0.5) is 5.95 Å². The van der Waals surface area contributed by atoms with Crippen molar-refractivity contribution in [3.63, 3.8) is 0 Å². The van der Waals surface area contributed by atoms with Gasteiger partial charge >= 0.3 is 0 Å². The van der Waals surface area contributed by atoms with Crippen molar-refractivity contribution in [1.82, 2.24) is 19.8 Å². The van der Waals surface area contributed by atoms with Crippen LogP contribution in [0.3, 0.4) is 0 Å². The first-order valence-electron chi connectivity index (χ1n) is 10.4. The Morgan fingerprint density at radius 2 is 1.70 bits per heavy atom. The summed E-state index contributed by atoms with van der Waals surface area (Å²) in [5.74, 6) is 0.696. The van der Waals surface area contributed by atoms with E-state index in [9.17, 15) is 0 Å². The van der Waals surface area contributed by atoms with Crippen molar-refractivity contribution in [2.75, 3.05) is 59.7 Å². The summed E-state index contributed by atoms with van der Waals surface area (Å²) in [7, 11) is 8.35. The molecule has 0 radical (unpaired) electrons. The van der Waals surface area contributed by atoms with Gasteiger partial charge in [-0.3, -0.25) is 4.99 Å². The molecule has 3 rings (SSSR count). The van der Waals surface area contributed by atoms with E-state index < -0.39 is 0 Å². The first-order chi connectivity index (χ1) is 14.5. The van der Waals surface area contributed by atoms with Crippen molar-refractivity contribution < 1.29 is 0 Å². The number of nitrogens with zero attached hydrogens (tertiary/aromatic N) is 5. The molecule has 0 aliphatic heterocycles. The fourth-order valence-corrected chi connectivity index (χ4v) is 3.95. The second-order valence-corrected chi connectivity index (χ2v) is 8.84. The fraction of sp³-hybridized carbons (Fsp3) is 0.435. The average molecular weight is 425 g/mol. The standard InChI is InChI=1S/C23H32N6S/c1-28(2)14-5-12-24-17-18-7-9-19(10-8-18)21-22-20(11-16-30-22)26-23(27-21)25-13-6-15-29(3)4/h7-11,16-17H,5-6,12-15H2,1-4H3,(H,25,26,27)/b24-17-. The predicted octanol–water partition coefficient (Wildman–Crippen LogP) is 4.09. The van der Waals surface area contributed by atoms with E-state index in [0.717, 1.165) is 66.1 Å². The summed E-state index contributed by atoms with van der Waals surface area (Å²) in [5, 5.41) is 5.46. The fourth-order valence-electron chi connectivity index (χ4n) is 3.11. The van der Waals surface area contributed by atoms with E-state index in [4.69, 9.17) is 4.98 Å². The van der Waals surface area contributed by atoms with E-state index in [1.165, 1.54) is 0 Å². The lowest BCUT2D eigenvalue weighted by molar-refractivity contribution is 0.403. The van der Waals surface area contributed by atoms with Crippen LogP contribution in [0.25, 0.3) is 21.5 Å². The molecular formula is C23H32N6S. The van der Waals surface area contributed by atoms with Gasteiger partial charge in [0.2, 0.25) is 5.95 Å². The molecule has 2 aromatic heterocycles. The maximum absolute atomic E-state index is 4.83. The summed E-state index contributed by atoms with van der Waals surface area (Å²) in [6.45, 7) is 3.81. The lowest BCUT2D eigenvalue weighted by atomic mass is 10.1. The molecule has 0 unspecified atom stereocenters. The molecule has 0 aliphatic rings.